The van der Waals surface area contributed by atoms with Crippen molar-refractivity contribution in [2.24, 2.45) is 5.41 Å². The summed E-state index contributed by atoms with van der Waals surface area (Å²) in [5, 5.41) is 10.6. The minimum absolute atomic E-state index is 0.00352. The average Bonchev–Trinajstić information content (AvgIpc) is 3.10. The van der Waals surface area contributed by atoms with Crippen LogP contribution in [0.15, 0.2) is 28.7 Å². The van der Waals surface area contributed by atoms with E-state index < -0.39 is 23.8 Å². The number of rotatable bonds is 6. The van der Waals surface area contributed by atoms with Crippen LogP contribution in [-0.4, -0.2) is 46.1 Å². The maximum Gasteiger partial charge on any atom is 0.316 e. The van der Waals surface area contributed by atoms with Gasteiger partial charge in [0.1, 0.15) is 6.04 Å². The fourth-order valence-corrected chi connectivity index (χ4v) is 3.76. The Balaban J connectivity index is 1.41. The van der Waals surface area contributed by atoms with Gasteiger partial charge in [-0.3, -0.25) is 4.79 Å². The highest BCUT2D eigenvalue weighted by atomic mass is 19.3. The highest BCUT2D eigenvalue weighted by Gasteiger charge is 2.73. The molecule has 1 amide bonds. The van der Waals surface area contributed by atoms with Gasteiger partial charge < -0.3 is 14.6 Å². The topological polar surface area (TPSA) is 71.3 Å². The number of hydrogen-bond acceptors (Lipinski definition) is 5. The molecule has 1 spiro atoms. The highest BCUT2D eigenvalue weighted by molar-refractivity contribution is 5.84. The van der Waals surface area contributed by atoms with E-state index in [4.69, 9.17) is 4.42 Å². The van der Waals surface area contributed by atoms with E-state index in [1.165, 1.54) is 29.2 Å². The summed E-state index contributed by atoms with van der Waals surface area (Å²) in [5.41, 5.74) is -0.706. The van der Waals surface area contributed by atoms with Crippen LogP contribution in [0, 0.1) is 5.41 Å². The number of likely N-dealkylation sites (tertiary alicyclic amines) is 1. The summed E-state index contributed by atoms with van der Waals surface area (Å²) in [7, 11) is 0. The summed E-state index contributed by atoms with van der Waals surface area (Å²) in [4.78, 5) is 14.2. The fraction of sp³-hybridized carbons (Fsp3) is 0.526. The van der Waals surface area contributed by atoms with Crippen LogP contribution in [0.2, 0.25) is 0 Å². The lowest BCUT2D eigenvalue weighted by Gasteiger charge is -2.22. The van der Waals surface area contributed by atoms with Crippen LogP contribution in [0.1, 0.15) is 38.2 Å². The number of amides is 1. The van der Waals surface area contributed by atoms with E-state index in [1.54, 1.807) is 6.92 Å². The Labute approximate surface area is 164 Å². The van der Waals surface area contributed by atoms with Crippen LogP contribution in [0.4, 0.5) is 23.6 Å². The molecule has 0 unspecified atom stereocenters. The van der Waals surface area contributed by atoms with Gasteiger partial charge in [0, 0.05) is 30.6 Å². The lowest BCUT2D eigenvalue weighted by Crippen LogP contribution is -2.42. The van der Waals surface area contributed by atoms with E-state index in [0.29, 0.717) is 24.9 Å². The van der Waals surface area contributed by atoms with Gasteiger partial charge in [-0.2, -0.15) is 0 Å². The van der Waals surface area contributed by atoms with Crippen molar-refractivity contribution in [3.05, 3.63) is 29.8 Å². The van der Waals surface area contributed by atoms with Crippen LogP contribution >= 0.6 is 0 Å². The average molecular weight is 412 g/mol. The Morgan fingerprint density at radius 3 is 2.52 bits per heavy atom. The van der Waals surface area contributed by atoms with Crippen molar-refractivity contribution in [1.29, 1.82) is 0 Å². The summed E-state index contributed by atoms with van der Waals surface area (Å²) in [6.45, 7) is 2.15. The van der Waals surface area contributed by atoms with Gasteiger partial charge in [-0.1, -0.05) is 24.2 Å². The first-order valence-corrected chi connectivity index (χ1v) is 9.40. The number of nitrogens with zero attached hydrogens (tertiary/aromatic N) is 3. The number of aromatic nitrogens is 2. The lowest BCUT2D eigenvalue weighted by molar-refractivity contribution is -0.131. The predicted octanol–water partition coefficient (Wildman–Crippen LogP) is 4.12. The number of carbonyl (C=O) groups excluding carboxylic acids is 1. The van der Waals surface area contributed by atoms with Gasteiger partial charge in [-0.05, 0) is 25.0 Å². The SMILES string of the molecule is CC[C@@H](Nc1nnc(-c2ccc(C(F)F)cc2)o1)C(=O)N1CC[C@@]2(C1)CC2(F)F. The first kappa shape index (κ1) is 19.7. The zero-order valence-corrected chi connectivity index (χ0v) is 15.7. The molecule has 2 aromatic rings. The van der Waals surface area contributed by atoms with Crippen molar-refractivity contribution < 1.29 is 26.8 Å². The van der Waals surface area contributed by atoms with Gasteiger partial charge >= 0.3 is 6.01 Å². The Morgan fingerprint density at radius 1 is 1.28 bits per heavy atom. The fourth-order valence-electron chi connectivity index (χ4n) is 3.76. The summed E-state index contributed by atoms with van der Waals surface area (Å²) >= 11 is 0. The van der Waals surface area contributed by atoms with E-state index >= 15 is 0 Å². The Hall–Kier alpha value is -2.65. The Morgan fingerprint density at radius 2 is 1.97 bits per heavy atom. The number of carbonyl (C=O) groups is 1. The number of hydrogen-bond donors (Lipinski definition) is 1. The summed E-state index contributed by atoms with van der Waals surface area (Å²) in [5.74, 6) is -2.85. The second-order valence-corrected chi connectivity index (χ2v) is 7.61. The van der Waals surface area contributed by atoms with Gasteiger partial charge in [0.05, 0.1) is 5.41 Å². The minimum Gasteiger partial charge on any atom is -0.403 e. The second kappa shape index (κ2) is 7.00. The first-order valence-electron chi connectivity index (χ1n) is 9.40. The quantitative estimate of drug-likeness (QED) is 0.723. The zero-order valence-electron chi connectivity index (χ0n) is 15.7. The highest BCUT2D eigenvalue weighted by Crippen LogP contribution is 2.65. The van der Waals surface area contributed by atoms with Gasteiger partial charge in [-0.15, -0.1) is 5.10 Å². The largest absolute Gasteiger partial charge is 0.403 e. The lowest BCUT2D eigenvalue weighted by atomic mass is 10.1. The monoisotopic (exact) mass is 412 g/mol. The molecule has 10 heteroatoms. The van der Waals surface area contributed by atoms with Crippen LogP contribution in [-0.2, 0) is 4.79 Å². The maximum absolute atomic E-state index is 13.6. The zero-order chi connectivity index (χ0) is 20.8. The van der Waals surface area contributed by atoms with E-state index in [9.17, 15) is 22.4 Å². The normalized spacial score (nSPS) is 23.6. The molecule has 2 fully saturated rings. The molecular weight excluding hydrogens is 392 g/mol. The van der Waals surface area contributed by atoms with Crippen molar-refractivity contribution in [1.82, 2.24) is 15.1 Å². The van der Waals surface area contributed by atoms with E-state index in [2.05, 4.69) is 15.5 Å². The summed E-state index contributed by atoms with van der Waals surface area (Å²) in [6, 6.07) is 4.75. The molecule has 1 aliphatic carbocycles. The van der Waals surface area contributed by atoms with E-state index in [1.807, 2.05) is 0 Å². The molecule has 2 heterocycles. The molecule has 2 aliphatic rings. The van der Waals surface area contributed by atoms with Crippen molar-refractivity contribution in [3.8, 4) is 11.5 Å². The third-order valence-electron chi connectivity index (χ3n) is 5.72. The summed E-state index contributed by atoms with van der Waals surface area (Å²) in [6.07, 6.45) is -2.02. The van der Waals surface area contributed by atoms with Crippen LogP contribution in [0.5, 0.6) is 0 Å². The molecule has 1 aromatic heterocycles. The van der Waals surface area contributed by atoms with Crippen molar-refractivity contribution in [2.75, 3.05) is 18.4 Å². The third kappa shape index (κ3) is 3.56. The number of halogens is 4. The molecule has 0 radical (unpaired) electrons. The molecule has 6 nitrogen and oxygen atoms in total. The Kier molecular flexibility index (Phi) is 4.74. The van der Waals surface area contributed by atoms with Crippen molar-refractivity contribution in [3.63, 3.8) is 0 Å². The third-order valence-corrected chi connectivity index (χ3v) is 5.72. The van der Waals surface area contributed by atoms with Gasteiger partial charge in [0.25, 0.3) is 12.3 Å². The summed E-state index contributed by atoms with van der Waals surface area (Å²) < 4.78 is 57.9. The first-order chi connectivity index (χ1) is 13.7. The number of nitrogens with one attached hydrogen (secondary N) is 1. The maximum atomic E-state index is 13.6. The molecule has 1 aromatic carbocycles. The number of benzene rings is 1. The van der Waals surface area contributed by atoms with E-state index in [-0.39, 0.29) is 36.3 Å². The standard InChI is InChI=1S/C19H20F4N4O2/c1-2-13(16(28)27-8-7-18(10-27)9-19(18,22)23)24-17-26-25-15(29-17)12-5-3-11(4-6-12)14(20)21/h3-6,13-14H,2,7-10H2,1H3,(H,24,26)/t13-,18+/m1/s1. The number of alkyl halides is 4. The van der Waals surface area contributed by atoms with Gasteiger partial charge in [-0.25, -0.2) is 17.6 Å². The van der Waals surface area contributed by atoms with Gasteiger partial charge in [0.2, 0.25) is 11.8 Å². The second-order valence-electron chi connectivity index (χ2n) is 7.61. The molecule has 1 saturated carbocycles. The van der Waals surface area contributed by atoms with Crippen molar-refractivity contribution in [2.45, 2.75) is 44.6 Å². The molecule has 0 bridgehead atoms. The number of anilines is 1. The van der Waals surface area contributed by atoms with Crippen LogP contribution in [0.3, 0.4) is 0 Å². The molecule has 1 saturated heterocycles. The molecule has 2 atom stereocenters. The predicted molar refractivity (Wildman–Crippen MR) is 95.6 cm³/mol. The van der Waals surface area contributed by atoms with Crippen LogP contribution < -0.4 is 5.32 Å². The molecule has 156 valence electrons. The molecule has 29 heavy (non-hydrogen) atoms. The van der Waals surface area contributed by atoms with Gasteiger partial charge in [0.15, 0.2) is 0 Å². The molecular formula is C19H20F4N4O2. The van der Waals surface area contributed by atoms with Crippen molar-refractivity contribution >= 4 is 11.9 Å². The van der Waals surface area contributed by atoms with Crippen LogP contribution in [0.25, 0.3) is 11.5 Å². The molecule has 1 aliphatic heterocycles. The molecule has 4 rings (SSSR count). The Bertz CT molecular complexity index is 902. The smallest absolute Gasteiger partial charge is 0.316 e. The minimum atomic E-state index is -2.68. The van der Waals surface area contributed by atoms with E-state index in [0.717, 1.165) is 0 Å². The molecule has 1 N–H and O–H groups in total.